The molecule has 1 spiro atoms. The van der Waals surface area contributed by atoms with E-state index < -0.39 is 0 Å². The molecule has 2 aliphatic rings. The molecule has 1 unspecified atom stereocenters. The first kappa shape index (κ1) is 10.0. The average molecular weight is 196 g/mol. The van der Waals surface area contributed by atoms with Gasteiger partial charge in [0.25, 0.3) is 0 Å². The molecule has 0 N–H and O–H groups in total. The summed E-state index contributed by atoms with van der Waals surface area (Å²) in [6, 6.07) is 0. The molecule has 0 aromatic heterocycles. The van der Waals surface area contributed by atoms with Gasteiger partial charge in [0.05, 0.1) is 6.42 Å². The Morgan fingerprint density at radius 3 is 2.21 bits per heavy atom. The largest absolute Gasteiger partial charge is 0.459 e. The standard InChI is InChI=1S/C12H20O2/c1-10-9-11(13)14-12(10)7-5-3-2-4-6-8-12/h10H,2-9H2,1H3. The summed E-state index contributed by atoms with van der Waals surface area (Å²) >= 11 is 0. The van der Waals surface area contributed by atoms with Gasteiger partial charge < -0.3 is 4.74 Å². The minimum Gasteiger partial charge on any atom is -0.459 e. The summed E-state index contributed by atoms with van der Waals surface area (Å²) in [6.45, 7) is 2.17. The van der Waals surface area contributed by atoms with Crippen molar-refractivity contribution >= 4 is 5.97 Å². The van der Waals surface area contributed by atoms with Crippen LogP contribution in [0, 0.1) is 5.92 Å². The molecule has 1 saturated heterocycles. The first-order valence-corrected chi connectivity index (χ1v) is 5.95. The van der Waals surface area contributed by atoms with Gasteiger partial charge in [-0.1, -0.05) is 26.2 Å². The first-order chi connectivity index (χ1) is 6.73. The van der Waals surface area contributed by atoms with Crippen molar-refractivity contribution in [2.75, 3.05) is 0 Å². The molecule has 0 radical (unpaired) electrons. The smallest absolute Gasteiger partial charge is 0.306 e. The molecule has 1 saturated carbocycles. The Balaban J connectivity index is 2.07. The third-order valence-corrected chi connectivity index (χ3v) is 3.89. The van der Waals surface area contributed by atoms with Crippen LogP contribution in [-0.2, 0) is 9.53 Å². The van der Waals surface area contributed by atoms with E-state index in [0.717, 1.165) is 12.8 Å². The molecule has 2 nitrogen and oxygen atoms in total. The van der Waals surface area contributed by atoms with E-state index in [-0.39, 0.29) is 11.6 Å². The molecule has 0 aromatic carbocycles. The Hall–Kier alpha value is -0.530. The van der Waals surface area contributed by atoms with Gasteiger partial charge in [0.1, 0.15) is 5.60 Å². The van der Waals surface area contributed by atoms with Gasteiger partial charge in [0, 0.05) is 5.92 Å². The van der Waals surface area contributed by atoms with Crippen LogP contribution in [0.4, 0.5) is 0 Å². The second kappa shape index (κ2) is 3.92. The molecule has 2 heteroatoms. The van der Waals surface area contributed by atoms with Gasteiger partial charge in [0.2, 0.25) is 0 Å². The van der Waals surface area contributed by atoms with Gasteiger partial charge in [-0.25, -0.2) is 0 Å². The van der Waals surface area contributed by atoms with Gasteiger partial charge in [-0.2, -0.15) is 0 Å². The number of esters is 1. The number of ether oxygens (including phenoxy) is 1. The fourth-order valence-electron chi connectivity index (χ4n) is 2.90. The number of hydrogen-bond donors (Lipinski definition) is 0. The lowest BCUT2D eigenvalue weighted by Gasteiger charge is -2.33. The van der Waals surface area contributed by atoms with Crippen molar-refractivity contribution in [3.63, 3.8) is 0 Å². The van der Waals surface area contributed by atoms with E-state index in [0.29, 0.717) is 12.3 Å². The van der Waals surface area contributed by atoms with Crippen LogP contribution in [0.3, 0.4) is 0 Å². The first-order valence-electron chi connectivity index (χ1n) is 5.95. The van der Waals surface area contributed by atoms with Gasteiger partial charge in [0.15, 0.2) is 0 Å². The molecule has 80 valence electrons. The number of hydrogen-bond acceptors (Lipinski definition) is 2. The van der Waals surface area contributed by atoms with Crippen LogP contribution in [0.15, 0.2) is 0 Å². The lowest BCUT2D eigenvalue weighted by Crippen LogP contribution is -2.35. The lowest BCUT2D eigenvalue weighted by molar-refractivity contribution is -0.151. The maximum Gasteiger partial charge on any atom is 0.306 e. The van der Waals surface area contributed by atoms with Crippen LogP contribution in [-0.4, -0.2) is 11.6 Å². The molecule has 0 aromatic rings. The molecule has 1 aliphatic carbocycles. The zero-order valence-electron chi connectivity index (χ0n) is 9.05. The summed E-state index contributed by atoms with van der Waals surface area (Å²) < 4.78 is 5.60. The summed E-state index contributed by atoms with van der Waals surface area (Å²) in [5, 5.41) is 0. The minimum atomic E-state index is -0.0719. The Kier molecular flexibility index (Phi) is 2.80. The average Bonchev–Trinajstić information content (AvgIpc) is 2.36. The molecule has 14 heavy (non-hydrogen) atoms. The summed E-state index contributed by atoms with van der Waals surface area (Å²) in [6.07, 6.45) is 9.28. The highest BCUT2D eigenvalue weighted by Gasteiger charge is 2.45. The summed E-state index contributed by atoms with van der Waals surface area (Å²) in [5.74, 6) is 0.464. The molecule has 1 atom stereocenters. The molecule has 2 fully saturated rings. The highest BCUT2D eigenvalue weighted by molar-refractivity contribution is 5.72. The van der Waals surface area contributed by atoms with Crippen molar-refractivity contribution in [2.24, 2.45) is 5.92 Å². The van der Waals surface area contributed by atoms with Gasteiger partial charge in [-0.05, 0) is 25.7 Å². The molecule has 0 bridgehead atoms. The zero-order valence-corrected chi connectivity index (χ0v) is 9.05. The highest BCUT2D eigenvalue weighted by atomic mass is 16.6. The van der Waals surface area contributed by atoms with Crippen LogP contribution in [0.2, 0.25) is 0 Å². The number of carbonyl (C=O) groups is 1. The van der Waals surface area contributed by atoms with E-state index in [9.17, 15) is 4.79 Å². The van der Waals surface area contributed by atoms with Crippen LogP contribution in [0.1, 0.15) is 58.3 Å². The van der Waals surface area contributed by atoms with E-state index in [1.54, 1.807) is 0 Å². The van der Waals surface area contributed by atoms with Crippen LogP contribution in [0.25, 0.3) is 0 Å². The van der Waals surface area contributed by atoms with E-state index in [1.807, 2.05) is 0 Å². The number of carbonyl (C=O) groups excluding carboxylic acids is 1. The van der Waals surface area contributed by atoms with Gasteiger partial charge >= 0.3 is 5.97 Å². The predicted molar refractivity (Wildman–Crippen MR) is 54.9 cm³/mol. The maximum absolute atomic E-state index is 11.3. The third-order valence-electron chi connectivity index (χ3n) is 3.89. The molecule has 0 amide bonds. The zero-order chi connectivity index (χ0) is 10.0. The molecular weight excluding hydrogens is 176 g/mol. The van der Waals surface area contributed by atoms with Crippen molar-refractivity contribution in [1.29, 1.82) is 0 Å². The highest BCUT2D eigenvalue weighted by Crippen LogP contribution is 2.42. The fourth-order valence-corrected chi connectivity index (χ4v) is 2.90. The van der Waals surface area contributed by atoms with Crippen LogP contribution < -0.4 is 0 Å². The summed E-state index contributed by atoms with van der Waals surface area (Å²) in [5.41, 5.74) is -0.0719. The van der Waals surface area contributed by atoms with Gasteiger partial charge in [-0.3, -0.25) is 4.79 Å². The van der Waals surface area contributed by atoms with Crippen molar-refractivity contribution < 1.29 is 9.53 Å². The quantitative estimate of drug-likeness (QED) is 0.557. The Morgan fingerprint density at radius 2 is 1.71 bits per heavy atom. The van der Waals surface area contributed by atoms with Crippen molar-refractivity contribution in [3.8, 4) is 0 Å². The SMILES string of the molecule is CC1CC(=O)OC12CCCCCCC2. The molecule has 1 aliphatic heterocycles. The Bertz CT molecular complexity index is 214. The molecular formula is C12H20O2. The van der Waals surface area contributed by atoms with E-state index in [2.05, 4.69) is 6.92 Å². The fraction of sp³-hybridized carbons (Fsp3) is 0.917. The minimum absolute atomic E-state index is 0.0260. The monoisotopic (exact) mass is 196 g/mol. The predicted octanol–water partition coefficient (Wildman–Crippen LogP) is 3.05. The molecule has 2 rings (SSSR count). The summed E-state index contributed by atoms with van der Waals surface area (Å²) in [7, 11) is 0. The van der Waals surface area contributed by atoms with Crippen LogP contribution in [0.5, 0.6) is 0 Å². The normalized spacial score (nSPS) is 32.4. The van der Waals surface area contributed by atoms with E-state index >= 15 is 0 Å². The van der Waals surface area contributed by atoms with E-state index in [1.165, 1.54) is 32.1 Å². The topological polar surface area (TPSA) is 26.3 Å². The number of rotatable bonds is 0. The lowest BCUT2D eigenvalue weighted by atomic mass is 9.79. The molecule has 1 heterocycles. The Morgan fingerprint density at radius 1 is 1.14 bits per heavy atom. The maximum atomic E-state index is 11.3. The second-order valence-corrected chi connectivity index (χ2v) is 4.91. The van der Waals surface area contributed by atoms with Crippen molar-refractivity contribution in [1.82, 2.24) is 0 Å². The van der Waals surface area contributed by atoms with E-state index in [4.69, 9.17) is 4.74 Å². The third kappa shape index (κ3) is 1.79. The van der Waals surface area contributed by atoms with Crippen LogP contribution >= 0.6 is 0 Å². The second-order valence-electron chi connectivity index (χ2n) is 4.91. The van der Waals surface area contributed by atoms with Gasteiger partial charge in [-0.15, -0.1) is 0 Å². The summed E-state index contributed by atoms with van der Waals surface area (Å²) in [4.78, 5) is 11.3. The van der Waals surface area contributed by atoms with Crippen molar-refractivity contribution in [2.45, 2.75) is 63.9 Å². The van der Waals surface area contributed by atoms with Crippen molar-refractivity contribution in [3.05, 3.63) is 0 Å². The Labute approximate surface area is 86.0 Å².